The number of hydrogen-bond acceptors (Lipinski definition) is 6. The first-order valence-electron chi connectivity index (χ1n) is 9.08. The molecular formula is C19H20FN3O3S2. The van der Waals surface area contributed by atoms with Crippen LogP contribution in [-0.4, -0.2) is 35.5 Å². The zero-order valence-electron chi connectivity index (χ0n) is 15.6. The molecule has 2 aromatic heterocycles. The monoisotopic (exact) mass is 421 g/mol. The van der Waals surface area contributed by atoms with Crippen LogP contribution in [0.2, 0.25) is 0 Å². The van der Waals surface area contributed by atoms with Crippen molar-refractivity contribution in [2.45, 2.75) is 44.0 Å². The van der Waals surface area contributed by atoms with Gasteiger partial charge in [-0.05, 0) is 44.9 Å². The molecule has 28 heavy (non-hydrogen) atoms. The number of piperidine rings is 1. The molecule has 148 valence electrons. The molecule has 3 aromatic rings. The van der Waals surface area contributed by atoms with E-state index in [1.54, 1.807) is 29.4 Å². The van der Waals surface area contributed by atoms with Crippen LogP contribution in [0.1, 0.15) is 31.1 Å². The lowest BCUT2D eigenvalue weighted by Crippen LogP contribution is -2.41. The molecule has 0 bridgehead atoms. The number of halogens is 1. The number of hydrogen-bond donors (Lipinski definition) is 0. The molecule has 1 atom stereocenters. The molecule has 0 unspecified atom stereocenters. The lowest BCUT2D eigenvalue weighted by Gasteiger charge is -2.32. The van der Waals surface area contributed by atoms with Crippen LogP contribution in [0.25, 0.3) is 22.2 Å². The average Bonchev–Trinajstić information content (AvgIpc) is 3.29. The van der Waals surface area contributed by atoms with Crippen LogP contribution < -0.4 is 0 Å². The predicted octanol–water partition coefficient (Wildman–Crippen LogP) is 4.48. The van der Waals surface area contributed by atoms with E-state index in [2.05, 4.69) is 10.1 Å². The Hall–Kier alpha value is -2.10. The second-order valence-electron chi connectivity index (χ2n) is 6.93. The first-order valence-corrected chi connectivity index (χ1v) is 11.3. The Morgan fingerprint density at radius 1 is 1.29 bits per heavy atom. The van der Waals surface area contributed by atoms with Crippen LogP contribution in [0, 0.1) is 12.7 Å². The fourth-order valence-corrected chi connectivity index (χ4v) is 6.63. The zero-order chi connectivity index (χ0) is 19.9. The smallest absolute Gasteiger partial charge is 0.268 e. The molecule has 0 aliphatic carbocycles. The summed E-state index contributed by atoms with van der Waals surface area (Å²) in [7, 11) is -3.58. The molecule has 0 saturated carbocycles. The van der Waals surface area contributed by atoms with Gasteiger partial charge in [-0.2, -0.15) is 9.29 Å². The van der Waals surface area contributed by atoms with Gasteiger partial charge in [-0.3, -0.25) is 0 Å². The second-order valence-corrected chi connectivity index (χ2v) is 10.0. The number of benzene rings is 1. The van der Waals surface area contributed by atoms with Gasteiger partial charge in [0.25, 0.3) is 5.89 Å². The van der Waals surface area contributed by atoms with E-state index in [1.165, 1.54) is 23.5 Å². The summed E-state index contributed by atoms with van der Waals surface area (Å²) in [6, 6.07) is 7.50. The maximum Gasteiger partial charge on any atom is 0.268 e. The Balaban J connectivity index is 1.67. The highest BCUT2D eigenvalue weighted by Crippen LogP contribution is 2.36. The first kappa shape index (κ1) is 19.2. The van der Waals surface area contributed by atoms with Gasteiger partial charge >= 0.3 is 0 Å². The van der Waals surface area contributed by atoms with Crippen LogP contribution in [-0.2, 0) is 10.0 Å². The van der Waals surface area contributed by atoms with Crippen molar-refractivity contribution < 1.29 is 17.3 Å². The molecule has 1 aliphatic heterocycles. The molecule has 9 heteroatoms. The minimum atomic E-state index is -3.58. The molecule has 0 N–H and O–H groups in total. The number of thiophene rings is 1. The maximum atomic E-state index is 13.4. The van der Waals surface area contributed by atoms with E-state index in [0.717, 1.165) is 19.3 Å². The van der Waals surface area contributed by atoms with E-state index in [-0.39, 0.29) is 28.5 Å². The molecule has 3 heterocycles. The van der Waals surface area contributed by atoms with Crippen molar-refractivity contribution in [3.63, 3.8) is 0 Å². The van der Waals surface area contributed by atoms with Crippen molar-refractivity contribution in [3.05, 3.63) is 41.0 Å². The molecule has 1 fully saturated rings. The number of aromatic nitrogens is 2. The van der Waals surface area contributed by atoms with Crippen molar-refractivity contribution in [1.29, 1.82) is 0 Å². The number of nitrogens with zero attached hydrogens (tertiary/aromatic N) is 3. The molecule has 0 spiro atoms. The van der Waals surface area contributed by atoms with Crippen molar-refractivity contribution in [2.75, 3.05) is 6.54 Å². The summed E-state index contributed by atoms with van der Waals surface area (Å²) in [6.07, 6.45) is 2.79. The normalized spacial score (nSPS) is 18.5. The highest BCUT2D eigenvalue weighted by atomic mass is 32.2. The molecule has 0 amide bonds. The predicted molar refractivity (Wildman–Crippen MR) is 105 cm³/mol. The summed E-state index contributed by atoms with van der Waals surface area (Å²) < 4.78 is 46.6. The van der Waals surface area contributed by atoms with Crippen LogP contribution in [0.5, 0.6) is 0 Å². The number of sulfonamides is 1. The Morgan fingerprint density at radius 2 is 2.11 bits per heavy atom. The summed E-state index contributed by atoms with van der Waals surface area (Å²) in [6.45, 7) is 4.26. The molecule has 1 saturated heterocycles. The SMILES string of the molecule is Cc1sc(-c2nc(-c3cccc(F)c3)no2)cc1S(=O)(=O)N1CCCC[C@@H]1C. The quantitative estimate of drug-likeness (QED) is 0.621. The highest BCUT2D eigenvalue weighted by molar-refractivity contribution is 7.89. The minimum absolute atomic E-state index is 0.00974. The van der Waals surface area contributed by atoms with Gasteiger partial charge in [-0.25, -0.2) is 12.8 Å². The van der Waals surface area contributed by atoms with Gasteiger partial charge in [0.2, 0.25) is 15.8 Å². The Bertz CT molecular complexity index is 1110. The summed E-state index contributed by atoms with van der Waals surface area (Å²) in [5, 5.41) is 3.90. The molecule has 1 aromatic carbocycles. The second kappa shape index (κ2) is 7.38. The van der Waals surface area contributed by atoms with E-state index in [0.29, 0.717) is 21.9 Å². The van der Waals surface area contributed by atoms with Gasteiger partial charge < -0.3 is 4.52 Å². The first-order chi connectivity index (χ1) is 13.4. The van der Waals surface area contributed by atoms with Crippen molar-refractivity contribution in [1.82, 2.24) is 14.4 Å². The molecule has 4 rings (SSSR count). The Morgan fingerprint density at radius 3 is 2.86 bits per heavy atom. The number of aryl methyl sites for hydroxylation is 1. The van der Waals surface area contributed by atoms with Crippen molar-refractivity contribution in [3.8, 4) is 22.2 Å². The standard InChI is InChI=1S/C19H20FN3O3S2/c1-12-6-3-4-9-23(12)28(24,25)17-11-16(27-13(17)2)19-21-18(22-26-19)14-7-5-8-15(20)10-14/h5,7-8,10-12H,3-4,6,9H2,1-2H3/t12-/m0/s1. The lowest BCUT2D eigenvalue weighted by atomic mass is 10.1. The van der Waals surface area contributed by atoms with Crippen molar-refractivity contribution >= 4 is 21.4 Å². The topological polar surface area (TPSA) is 76.3 Å². The van der Waals surface area contributed by atoms with Gasteiger partial charge in [0.15, 0.2) is 0 Å². The summed E-state index contributed by atoms with van der Waals surface area (Å²) >= 11 is 1.30. The van der Waals surface area contributed by atoms with Gasteiger partial charge in [0, 0.05) is 23.0 Å². The molecule has 0 radical (unpaired) electrons. The maximum absolute atomic E-state index is 13.4. The van der Waals surface area contributed by atoms with E-state index >= 15 is 0 Å². The van der Waals surface area contributed by atoms with Gasteiger partial charge in [-0.1, -0.05) is 23.7 Å². The third kappa shape index (κ3) is 3.49. The third-order valence-electron chi connectivity index (χ3n) is 4.92. The van der Waals surface area contributed by atoms with Crippen LogP contribution >= 0.6 is 11.3 Å². The third-order valence-corrected chi connectivity index (χ3v) is 8.23. The van der Waals surface area contributed by atoms with E-state index in [9.17, 15) is 12.8 Å². The van der Waals surface area contributed by atoms with E-state index in [1.807, 2.05) is 6.92 Å². The van der Waals surface area contributed by atoms with E-state index < -0.39 is 10.0 Å². The Kier molecular flexibility index (Phi) is 5.07. The number of rotatable bonds is 4. The molecule has 1 aliphatic rings. The molecule has 6 nitrogen and oxygen atoms in total. The Labute approximate surface area is 167 Å². The molecular weight excluding hydrogens is 401 g/mol. The van der Waals surface area contributed by atoms with Crippen LogP contribution in [0.3, 0.4) is 0 Å². The van der Waals surface area contributed by atoms with Gasteiger partial charge in [-0.15, -0.1) is 11.3 Å². The average molecular weight is 422 g/mol. The van der Waals surface area contributed by atoms with Gasteiger partial charge in [0.05, 0.1) is 9.77 Å². The fourth-order valence-electron chi connectivity index (χ4n) is 3.45. The van der Waals surface area contributed by atoms with Crippen LogP contribution in [0.15, 0.2) is 39.8 Å². The summed E-state index contributed by atoms with van der Waals surface area (Å²) in [5.41, 5.74) is 0.498. The fraction of sp³-hybridized carbons (Fsp3) is 0.368. The largest absolute Gasteiger partial charge is 0.333 e. The van der Waals surface area contributed by atoms with E-state index in [4.69, 9.17) is 4.52 Å². The van der Waals surface area contributed by atoms with Crippen molar-refractivity contribution in [2.24, 2.45) is 0 Å². The van der Waals surface area contributed by atoms with Crippen LogP contribution in [0.4, 0.5) is 4.39 Å². The summed E-state index contributed by atoms with van der Waals surface area (Å²) in [5.74, 6) is 0.0926. The van der Waals surface area contributed by atoms with Gasteiger partial charge in [0.1, 0.15) is 5.82 Å². The lowest BCUT2D eigenvalue weighted by molar-refractivity contribution is 0.268. The minimum Gasteiger partial charge on any atom is -0.333 e. The highest BCUT2D eigenvalue weighted by Gasteiger charge is 2.33. The zero-order valence-corrected chi connectivity index (χ0v) is 17.2. The summed E-state index contributed by atoms with van der Waals surface area (Å²) in [4.78, 5) is 5.86.